The Morgan fingerprint density at radius 2 is 1.84 bits per heavy atom. The highest BCUT2D eigenvalue weighted by atomic mass is 16.1. The van der Waals surface area contributed by atoms with E-state index in [9.17, 15) is 4.79 Å². The Hall–Kier alpha value is -2.16. The second-order valence-electron chi connectivity index (χ2n) is 5.83. The second-order valence-corrected chi connectivity index (χ2v) is 5.83. The van der Waals surface area contributed by atoms with Crippen LogP contribution in [0.1, 0.15) is 26.5 Å². The molecule has 0 bridgehead atoms. The SMILES string of the molecule is CC(C)(C)c1cc(=O)n2ccc3ccccc3c2n1. The van der Waals surface area contributed by atoms with E-state index in [2.05, 4.69) is 20.8 Å². The summed E-state index contributed by atoms with van der Waals surface area (Å²) in [6.07, 6.45) is 1.79. The van der Waals surface area contributed by atoms with E-state index in [1.807, 2.05) is 30.3 Å². The molecule has 3 heteroatoms. The number of hydrogen-bond donors (Lipinski definition) is 0. The van der Waals surface area contributed by atoms with Gasteiger partial charge in [-0.3, -0.25) is 9.20 Å². The van der Waals surface area contributed by atoms with Gasteiger partial charge in [0.1, 0.15) is 5.65 Å². The van der Waals surface area contributed by atoms with Gasteiger partial charge in [0, 0.05) is 23.1 Å². The second kappa shape index (κ2) is 3.92. The van der Waals surface area contributed by atoms with Crippen LogP contribution in [-0.2, 0) is 5.41 Å². The van der Waals surface area contributed by atoms with Crippen molar-refractivity contribution in [2.45, 2.75) is 26.2 Å². The Balaban J connectivity index is 2.51. The van der Waals surface area contributed by atoms with Crippen molar-refractivity contribution in [2.75, 3.05) is 0 Å². The first-order valence-electron chi connectivity index (χ1n) is 6.38. The number of aromatic nitrogens is 2. The van der Waals surface area contributed by atoms with E-state index in [4.69, 9.17) is 4.98 Å². The van der Waals surface area contributed by atoms with Crippen molar-refractivity contribution < 1.29 is 0 Å². The van der Waals surface area contributed by atoms with Crippen LogP contribution in [0.3, 0.4) is 0 Å². The summed E-state index contributed by atoms with van der Waals surface area (Å²) in [5, 5.41) is 2.11. The van der Waals surface area contributed by atoms with Gasteiger partial charge in [-0.2, -0.15) is 0 Å². The highest BCUT2D eigenvalue weighted by Crippen LogP contribution is 2.22. The number of hydrogen-bond acceptors (Lipinski definition) is 2. The lowest BCUT2D eigenvalue weighted by Crippen LogP contribution is -2.22. The number of nitrogens with zero attached hydrogens (tertiary/aromatic N) is 2. The lowest BCUT2D eigenvalue weighted by molar-refractivity contribution is 0.568. The third-order valence-electron chi connectivity index (χ3n) is 3.33. The lowest BCUT2D eigenvalue weighted by Gasteiger charge is -2.18. The van der Waals surface area contributed by atoms with Crippen molar-refractivity contribution >= 4 is 16.4 Å². The quantitative estimate of drug-likeness (QED) is 0.576. The molecule has 0 radical (unpaired) electrons. The molecule has 2 heterocycles. The van der Waals surface area contributed by atoms with Crippen LogP contribution in [0.15, 0.2) is 47.4 Å². The molecule has 0 aliphatic carbocycles. The lowest BCUT2D eigenvalue weighted by atomic mass is 9.92. The van der Waals surface area contributed by atoms with E-state index in [0.29, 0.717) is 0 Å². The molecule has 96 valence electrons. The van der Waals surface area contributed by atoms with E-state index in [1.54, 1.807) is 16.7 Å². The normalized spacial score (nSPS) is 12.2. The summed E-state index contributed by atoms with van der Waals surface area (Å²) in [7, 11) is 0. The van der Waals surface area contributed by atoms with E-state index in [1.165, 1.54) is 0 Å². The van der Waals surface area contributed by atoms with Gasteiger partial charge in [0.2, 0.25) is 0 Å². The van der Waals surface area contributed by atoms with Crippen molar-refractivity contribution in [2.24, 2.45) is 0 Å². The fraction of sp³-hybridized carbons (Fsp3) is 0.250. The molecule has 2 aromatic heterocycles. The van der Waals surface area contributed by atoms with Gasteiger partial charge >= 0.3 is 0 Å². The van der Waals surface area contributed by atoms with Crippen molar-refractivity contribution in [3.63, 3.8) is 0 Å². The van der Waals surface area contributed by atoms with Gasteiger partial charge in [-0.05, 0) is 11.5 Å². The summed E-state index contributed by atoms with van der Waals surface area (Å²) in [6.45, 7) is 6.20. The molecule has 0 saturated heterocycles. The first-order chi connectivity index (χ1) is 8.97. The molecule has 0 fully saturated rings. The molecule has 3 aromatic rings. The zero-order valence-electron chi connectivity index (χ0n) is 11.3. The van der Waals surface area contributed by atoms with Gasteiger partial charge in [0.05, 0.1) is 5.69 Å². The van der Waals surface area contributed by atoms with Crippen LogP contribution in [0.4, 0.5) is 0 Å². The third-order valence-corrected chi connectivity index (χ3v) is 3.33. The third kappa shape index (κ3) is 1.91. The Labute approximate surface area is 111 Å². The van der Waals surface area contributed by atoms with Crippen LogP contribution in [0.2, 0.25) is 0 Å². The average Bonchev–Trinajstić information content (AvgIpc) is 2.37. The molecular weight excluding hydrogens is 236 g/mol. The Morgan fingerprint density at radius 1 is 1.11 bits per heavy atom. The largest absolute Gasteiger partial charge is 0.269 e. The first-order valence-corrected chi connectivity index (χ1v) is 6.38. The van der Waals surface area contributed by atoms with Crippen molar-refractivity contribution in [3.05, 3.63) is 58.6 Å². The topological polar surface area (TPSA) is 34.4 Å². The molecule has 0 N–H and O–H groups in total. The summed E-state index contributed by atoms with van der Waals surface area (Å²) in [4.78, 5) is 16.9. The average molecular weight is 252 g/mol. The predicted molar refractivity (Wildman–Crippen MR) is 77.7 cm³/mol. The summed E-state index contributed by atoms with van der Waals surface area (Å²) in [5.41, 5.74) is 1.40. The number of rotatable bonds is 0. The maximum Gasteiger partial charge on any atom is 0.258 e. The minimum Gasteiger partial charge on any atom is -0.269 e. The number of pyridine rings is 1. The van der Waals surface area contributed by atoms with E-state index in [-0.39, 0.29) is 11.0 Å². The molecule has 0 unspecified atom stereocenters. The van der Waals surface area contributed by atoms with E-state index in [0.717, 1.165) is 22.1 Å². The van der Waals surface area contributed by atoms with Gasteiger partial charge in [-0.15, -0.1) is 0 Å². The first kappa shape index (κ1) is 11.9. The summed E-state index contributed by atoms with van der Waals surface area (Å²) in [6, 6.07) is 11.6. The summed E-state index contributed by atoms with van der Waals surface area (Å²) < 4.78 is 1.61. The Kier molecular flexibility index (Phi) is 2.45. The molecule has 19 heavy (non-hydrogen) atoms. The minimum atomic E-state index is -0.134. The van der Waals surface area contributed by atoms with E-state index >= 15 is 0 Å². The standard InChI is InChI=1S/C16H16N2O/c1-16(2,3)13-10-14(19)18-9-8-11-6-4-5-7-12(11)15(18)17-13/h4-10H,1-3H3. The molecule has 1 aromatic carbocycles. The smallest absolute Gasteiger partial charge is 0.258 e. The molecule has 0 spiro atoms. The van der Waals surface area contributed by atoms with E-state index < -0.39 is 0 Å². The molecule has 0 aliphatic heterocycles. The van der Waals surface area contributed by atoms with Crippen molar-refractivity contribution in [1.29, 1.82) is 0 Å². The van der Waals surface area contributed by atoms with Crippen molar-refractivity contribution in [3.8, 4) is 0 Å². The highest BCUT2D eigenvalue weighted by molar-refractivity contribution is 5.93. The molecule has 0 saturated carbocycles. The fourth-order valence-electron chi connectivity index (χ4n) is 2.21. The minimum absolute atomic E-state index is 0.0271. The van der Waals surface area contributed by atoms with Crippen LogP contribution in [0.25, 0.3) is 16.4 Å². The van der Waals surface area contributed by atoms with Gasteiger partial charge in [0.15, 0.2) is 0 Å². The highest BCUT2D eigenvalue weighted by Gasteiger charge is 2.17. The van der Waals surface area contributed by atoms with Crippen LogP contribution < -0.4 is 5.56 Å². The van der Waals surface area contributed by atoms with Crippen LogP contribution in [0, 0.1) is 0 Å². The van der Waals surface area contributed by atoms with Gasteiger partial charge in [-0.25, -0.2) is 4.98 Å². The number of benzene rings is 1. The molecule has 0 amide bonds. The Morgan fingerprint density at radius 3 is 2.58 bits per heavy atom. The predicted octanol–water partition coefficient (Wildman–Crippen LogP) is 3.15. The maximum absolute atomic E-state index is 12.2. The van der Waals surface area contributed by atoms with Gasteiger partial charge in [0.25, 0.3) is 5.56 Å². The molecule has 0 aliphatic rings. The number of fused-ring (bicyclic) bond motifs is 3. The fourth-order valence-corrected chi connectivity index (χ4v) is 2.21. The van der Waals surface area contributed by atoms with Gasteiger partial charge < -0.3 is 0 Å². The molecule has 3 rings (SSSR count). The van der Waals surface area contributed by atoms with Crippen molar-refractivity contribution in [1.82, 2.24) is 9.38 Å². The molecule has 0 atom stereocenters. The summed E-state index contributed by atoms with van der Waals surface area (Å²) >= 11 is 0. The zero-order valence-corrected chi connectivity index (χ0v) is 11.3. The maximum atomic E-state index is 12.2. The Bertz CT molecular complexity index is 825. The van der Waals surface area contributed by atoms with Crippen LogP contribution in [0.5, 0.6) is 0 Å². The molecule has 3 nitrogen and oxygen atoms in total. The summed E-state index contributed by atoms with van der Waals surface area (Å²) in [5.74, 6) is 0. The van der Waals surface area contributed by atoms with Gasteiger partial charge in [-0.1, -0.05) is 45.0 Å². The zero-order chi connectivity index (χ0) is 13.6. The molecular formula is C16H16N2O. The van der Waals surface area contributed by atoms with Crippen LogP contribution >= 0.6 is 0 Å². The van der Waals surface area contributed by atoms with Crippen LogP contribution in [-0.4, -0.2) is 9.38 Å². The monoisotopic (exact) mass is 252 g/mol.